The van der Waals surface area contributed by atoms with Crippen molar-refractivity contribution in [3.05, 3.63) is 42.2 Å². The molecule has 2 N–H and O–H groups in total. The van der Waals surface area contributed by atoms with Gasteiger partial charge in [-0.25, -0.2) is 4.79 Å². The minimum absolute atomic E-state index is 0.0765. The second kappa shape index (κ2) is 10.5. The van der Waals surface area contributed by atoms with Crippen LogP contribution in [0.1, 0.15) is 31.2 Å². The number of benzene rings is 1. The summed E-state index contributed by atoms with van der Waals surface area (Å²) in [4.78, 5) is 20.4. The zero-order valence-electron chi connectivity index (χ0n) is 16.9. The second-order valence-corrected chi connectivity index (χ2v) is 6.99. The third kappa shape index (κ3) is 6.51. The predicted molar refractivity (Wildman–Crippen MR) is 108 cm³/mol. The molecule has 0 spiro atoms. The summed E-state index contributed by atoms with van der Waals surface area (Å²) in [5.41, 5.74) is 1.16. The van der Waals surface area contributed by atoms with Gasteiger partial charge in [0.05, 0.1) is 26.6 Å². The van der Waals surface area contributed by atoms with Gasteiger partial charge in [0.1, 0.15) is 11.9 Å². The van der Waals surface area contributed by atoms with E-state index >= 15 is 0 Å². The Morgan fingerprint density at radius 3 is 2.45 bits per heavy atom. The number of amides is 2. The molecule has 1 saturated carbocycles. The van der Waals surface area contributed by atoms with Crippen LogP contribution in [0.15, 0.2) is 36.7 Å². The topological polar surface area (TPSA) is 94.6 Å². The van der Waals surface area contributed by atoms with Gasteiger partial charge in [0.25, 0.3) is 0 Å². The second-order valence-electron chi connectivity index (χ2n) is 6.99. The van der Waals surface area contributed by atoms with Crippen molar-refractivity contribution in [3.8, 4) is 17.5 Å². The molecule has 1 heterocycles. The van der Waals surface area contributed by atoms with Gasteiger partial charge in [-0.3, -0.25) is 4.98 Å². The van der Waals surface area contributed by atoms with Crippen molar-refractivity contribution in [1.29, 1.82) is 0 Å². The van der Waals surface area contributed by atoms with Crippen LogP contribution in [0.2, 0.25) is 0 Å². The molecule has 0 saturated heterocycles. The summed E-state index contributed by atoms with van der Waals surface area (Å²) in [7, 11) is 3.19. The molecule has 0 radical (unpaired) electrons. The molecule has 1 fully saturated rings. The summed E-state index contributed by atoms with van der Waals surface area (Å²) in [6.45, 7) is 0.588. The molecule has 0 bridgehead atoms. The molecule has 29 heavy (non-hydrogen) atoms. The first-order chi connectivity index (χ1) is 14.2. The third-order valence-electron chi connectivity index (χ3n) is 4.95. The Hall–Kier alpha value is -3.03. The average molecular weight is 400 g/mol. The number of rotatable bonds is 8. The maximum Gasteiger partial charge on any atom is 0.315 e. The minimum atomic E-state index is -0.124. The molecule has 156 valence electrons. The summed E-state index contributed by atoms with van der Waals surface area (Å²) < 4.78 is 16.1. The number of nitrogens with zero attached hydrogens (tertiary/aromatic N) is 2. The molecule has 8 nitrogen and oxygen atoms in total. The Labute approximate surface area is 171 Å². The molecule has 3 rings (SSSR count). The van der Waals surface area contributed by atoms with Crippen LogP contribution in [0.4, 0.5) is 4.79 Å². The highest BCUT2D eigenvalue weighted by atomic mass is 16.5. The Morgan fingerprint density at radius 1 is 1.03 bits per heavy atom. The SMILES string of the molecule is COc1ccc(CCNC(=O)NC2CCC(Oc3cncc(OC)n3)CC2)cc1. The number of carbonyl (C=O) groups excluding carboxylic acids is 1. The van der Waals surface area contributed by atoms with Crippen LogP contribution >= 0.6 is 0 Å². The van der Waals surface area contributed by atoms with Gasteiger partial charge in [-0.15, -0.1) is 0 Å². The van der Waals surface area contributed by atoms with E-state index in [0.29, 0.717) is 18.3 Å². The van der Waals surface area contributed by atoms with Crippen LogP contribution in [0.25, 0.3) is 0 Å². The highest BCUT2D eigenvalue weighted by Crippen LogP contribution is 2.23. The van der Waals surface area contributed by atoms with Crippen molar-refractivity contribution in [1.82, 2.24) is 20.6 Å². The number of carbonyl (C=O) groups is 1. The van der Waals surface area contributed by atoms with Gasteiger partial charge in [0, 0.05) is 12.6 Å². The van der Waals surface area contributed by atoms with E-state index in [1.165, 1.54) is 0 Å². The van der Waals surface area contributed by atoms with E-state index in [2.05, 4.69) is 20.6 Å². The van der Waals surface area contributed by atoms with E-state index in [1.807, 2.05) is 24.3 Å². The molecule has 1 aliphatic rings. The quantitative estimate of drug-likeness (QED) is 0.708. The Kier molecular flexibility index (Phi) is 7.49. The zero-order valence-corrected chi connectivity index (χ0v) is 16.9. The van der Waals surface area contributed by atoms with Gasteiger partial charge in [-0.1, -0.05) is 12.1 Å². The smallest absolute Gasteiger partial charge is 0.315 e. The average Bonchev–Trinajstić information content (AvgIpc) is 2.76. The molecule has 2 aromatic rings. The zero-order chi connectivity index (χ0) is 20.5. The minimum Gasteiger partial charge on any atom is -0.497 e. The van der Waals surface area contributed by atoms with Crippen LogP contribution in [-0.4, -0.2) is 48.9 Å². The molecule has 1 aliphatic carbocycles. The van der Waals surface area contributed by atoms with Crippen molar-refractivity contribution in [2.45, 2.75) is 44.2 Å². The van der Waals surface area contributed by atoms with E-state index in [-0.39, 0.29) is 18.2 Å². The summed E-state index contributed by atoms with van der Waals surface area (Å²) in [6.07, 6.45) is 7.43. The number of nitrogens with one attached hydrogen (secondary N) is 2. The maximum absolute atomic E-state index is 12.1. The molecule has 8 heteroatoms. The summed E-state index contributed by atoms with van der Waals surface area (Å²) in [5, 5.41) is 5.98. The highest BCUT2D eigenvalue weighted by molar-refractivity contribution is 5.74. The fraction of sp³-hybridized carbons (Fsp3) is 0.476. The maximum atomic E-state index is 12.1. The standard InChI is InChI=1S/C21H28N4O4/c1-27-17-7-3-15(4-8-17)11-12-23-21(26)24-16-5-9-18(10-6-16)29-20-14-22-13-19(25-20)28-2/h3-4,7-8,13-14,16,18H,5-6,9-12H2,1-2H3,(H2,23,24,26). The summed E-state index contributed by atoms with van der Waals surface area (Å²) in [6, 6.07) is 7.90. The fourth-order valence-corrected chi connectivity index (χ4v) is 3.33. The number of urea groups is 1. The van der Waals surface area contributed by atoms with Crippen molar-refractivity contribution in [2.75, 3.05) is 20.8 Å². The van der Waals surface area contributed by atoms with Crippen LogP contribution in [-0.2, 0) is 6.42 Å². The van der Waals surface area contributed by atoms with E-state index in [9.17, 15) is 4.79 Å². The first-order valence-corrected chi connectivity index (χ1v) is 9.86. The number of hydrogen-bond acceptors (Lipinski definition) is 6. The molecule has 1 aromatic heterocycles. The first-order valence-electron chi connectivity index (χ1n) is 9.86. The normalized spacial score (nSPS) is 18.6. The molecule has 2 amide bonds. The molecule has 1 aromatic carbocycles. The molecule has 0 atom stereocenters. The van der Waals surface area contributed by atoms with E-state index in [0.717, 1.165) is 43.4 Å². The number of aromatic nitrogens is 2. The van der Waals surface area contributed by atoms with Crippen LogP contribution in [0.3, 0.4) is 0 Å². The number of methoxy groups -OCH3 is 2. The van der Waals surface area contributed by atoms with E-state index < -0.39 is 0 Å². The fourth-order valence-electron chi connectivity index (χ4n) is 3.33. The van der Waals surface area contributed by atoms with Crippen LogP contribution in [0.5, 0.6) is 17.5 Å². The number of hydrogen-bond donors (Lipinski definition) is 2. The molecule has 0 aliphatic heterocycles. The lowest BCUT2D eigenvalue weighted by atomic mass is 9.93. The van der Waals surface area contributed by atoms with Gasteiger partial charge < -0.3 is 24.8 Å². The van der Waals surface area contributed by atoms with E-state index in [4.69, 9.17) is 14.2 Å². The van der Waals surface area contributed by atoms with Crippen molar-refractivity contribution < 1.29 is 19.0 Å². The lowest BCUT2D eigenvalue weighted by Crippen LogP contribution is -2.45. The van der Waals surface area contributed by atoms with Crippen molar-refractivity contribution in [3.63, 3.8) is 0 Å². The molecular weight excluding hydrogens is 372 g/mol. The number of ether oxygens (including phenoxy) is 3. The molecule has 0 unspecified atom stereocenters. The van der Waals surface area contributed by atoms with E-state index in [1.54, 1.807) is 26.6 Å². The lowest BCUT2D eigenvalue weighted by Gasteiger charge is -2.29. The monoisotopic (exact) mass is 400 g/mol. The largest absolute Gasteiger partial charge is 0.497 e. The predicted octanol–water partition coefficient (Wildman–Crippen LogP) is 2.73. The highest BCUT2D eigenvalue weighted by Gasteiger charge is 2.24. The van der Waals surface area contributed by atoms with Crippen molar-refractivity contribution >= 4 is 6.03 Å². The van der Waals surface area contributed by atoms with Crippen LogP contribution < -0.4 is 24.8 Å². The first kappa shape index (κ1) is 20.7. The summed E-state index contributed by atoms with van der Waals surface area (Å²) >= 11 is 0. The Bertz CT molecular complexity index is 777. The van der Waals surface area contributed by atoms with Gasteiger partial charge in [0.2, 0.25) is 11.8 Å². The lowest BCUT2D eigenvalue weighted by molar-refractivity contribution is 0.133. The van der Waals surface area contributed by atoms with Gasteiger partial charge in [-0.05, 0) is 49.8 Å². The van der Waals surface area contributed by atoms with Crippen LogP contribution in [0, 0.1) is 0 Å². The van der Waals surface area contributed by atoms with Gasteiger partial charge in [-0.2, -0.15) is 4.98 Å². The van der Waals surface area contributed by atoms with Gasteiger partial charge in [0.15, 0.2) is 0 Å². The summed E-state index contributed by atoms with van der Waals surface area (Å²) in [5.74, 6) is 1.73. The molecular formula is C21H28N4O4. The Morgan fingerprint density at radius 2 is 1.76 bits per heavy atom. The van der Waals surface area contributed by atoms with Gasteiger partial charge >= 0.3 is 6.03 Å². The third-order valence-corrected chi connectivity index (χ3v) is 4.95. The Balaban J connectivity index is 1.33. The van der Waals surface area contributed by atoms with Crippen molar-refractivity contribution in [2.24, 2.45) is 0 Å².